The third-order valence-electron chi connectivity index (χ3n) is 5.07. The SMILES string of the molecule is Cn1cccc1[C@H](CNS(=O)(=O)c1ccc(F)c(Cl)c1)N1CCCCCC1. The first kappa shape index (κ1) is 20.3. The summed E-state index contributed by atoms with van der Waals surface area (Å²) in [5.74, 6) is -0.637. The summed E-state index contributed by atoms with van der Waals surface area (Å²) in [5, 5.41) is -0.204. The molecule has 1 aromatic heterocycles. The highest BCUT2D eigenvalue weighted by molar-refractivity contribution is 7.89. The Kier molecular flexibility index (Phi) is 6.57. The van der Waals surface area contributed by atoms with E-state index in [0.29, 0.717) is 0 Å². The topological polar surface area (TPSA) is 54.3 Å². The summed E-state index contributed by atoms with van der Waals surface area (Å²) < 4.78 is 43.4. The summed E-state index contributed by atoms with van der Waals surface area (Å²) in [5.41, 5.74) is 1.07. The molecule has 148 valence electrons. The quantitative estimate of drug-likeness (QED) is 0.785. The summed E-state index contributed by atoms with van der Waals surface area (Å²) in [7, 11) is -1.82. The number of halogens is 2. The van der Waals surface area contributed by atoms with Crippen molar-refractivity contribution in [3.8, 4) is 0 Å². The van der Waals surface area contributed by atoms with Gasteiger partial charge in [-0.2, -0.15) is 0 Å². The predicted molar refractivity (Wildman–Crippen MR) is 105 cm³/mol. The van der Waals surface area contributed by atoms with Gasteiger partial charge in [0.15, 0.2) is 0 Å². The average molecular weight is 414 g/mol. The number of likely N-dealkylation sites (tertiary alicyclic amines) is 1. The molecule has 1 aliphatic rings. The highest BCUT2D eigenvalue weighted by atomic mass is 35.5. The van der Waals surface area contributed by atoms with Gasteiger partial charge < -0.3 is 4.57 Å². The van der Waals surface area contributed by atoms with Gasteiger partial charge in [-0.15, -0.1) is 0 Å². The van der Waals surface area contributed by atoms with Gasteiger partial charge in [-0.05, 0) is 56.3 Å². The van der Waals surface area contributed by atoms with Gasteiger partial charge in [-0.1, -0.05) is 24.4 Å². The molecule has 0 amide bonds. The van der Waals surface area contributed by atoms with Crippen LogP contribution in [0.25, 0.3) is 0 Å². The van der Waals surface area contributed by atoms with Crippen LogP contribution in [-0.2, 0) is 17.1 Å². The first-order chi connectivity index (χ1) is 12.9. The van der Waals surface area contributed by atoms with Crippen molar-refractivity contribution >= 4 is 21.6 Å². The average Bonchev–Trinajstić information content (AvgIpc) is 2.88. The molecule has 1 aromatic carbocycles. The lowest BCUT2D eigenvalue weighted by Gasteiger charge is -2.31. The number of hydrogen-bond donors (Lipinski definition) is 1. The van der Waals surface area contributed by atoms with Crippen molar-refractivity contribution in [1.82, 2.24) is 14.2 Å². The van der Waals surface area contributed by atoms with E-state index in [0.717, 1.165) is 43.8 Å². The standard InChI is InChI=1S/C19H25ClFN3O2S/c1-23-10-6-7-18(23)19(24-11-4-2-3-5-12-24)14-22-27(25,26)15-8-9-17(21)16(20)13-15/h6-10,13,19,22H,2-5,11-12,14H2,1H3/t19-/m0/s1. The molecule has 27 heavy (non-hydrogen) atoms. The second kappa shape index (κ2) is 8.73. The van der Waals surface area contributed by atoms with E-state index >= 15 is 0 Å². The monoisotopic (exact) mass is 413 g/mol. The van der Waals surface area contributed by atoms with Crippen molar-refractivity contribution < 1.29 is 12.8 Å². The molecule has 1 atom stereocenters. The van der Waals surface area contributed by atoms with Crippen LogP contribution in [-0.4, -0.2) is 37.5 Å². The van der Waals surface area contributed by atoms with Gasteiger partial charge in [0.25, 0.3) is 0 Å². The summed E-state index contributed by atoms with van der Waals surface area (Å²) in [6.45, 7) is 2.13. The van der Waals surface area contributed by atoms with Crippen LogP contribution in [0, 0.1) is 5.82 Å². The molecule has 1 aliphatic heterocycles. The highest BCUT2D eigenvalue weighted by Gasteiger charge is 2.26. The maximum absolute atomic E-state index is 13.4. The lowest BCUT2D eigenvalue weighted by atomic mass is 10.1. The maximum Gasteiger partial charge on any atom is 0.240 e. The summed E-state index contributed by atoms with van der Waals surface area (Å²) in [6, 6.07) is 7.37. The van der Waals surface area contributed by atoms with Crippen LogP contribution in [0.3, 0.4) is 0 Å². The molecule has 0 unspecified atom stereocenters. The minimum Gasteiger partial charge on any atom is -0.353 e. The van der Waals surface area contributed by atoms with E-state index in [-0.39, 0.29) is 22.5 Å². The molecule has 0 saturated carbocycles. The number of aryl methyl sites for hydroxylation is 1. The molecule has 2 aromatic rings. The van der Waals surface area contributed by atoms with E-state index in [4.69, 9.17) is 11.6 Å². The minimum absolute atomic E-state index is 0.0320. The first-order valence-corrected chi connectivity index (χ1v) is 11.0. The summed E-state index contributed by atoms with van der Waals surface area (Å²) in [6.07, 6.45) is 6.60. The van der Waals surface area contributed by atoms with Crippen LogP contribution in [0.15, 0.2) is 41.4 Å². The second-order valence-electron chi connectivity index (χ2n) is 6.94. The van der Waals surface area contributed by atoms with Gasteiger partial charge in [-0.3, -0.25) is 4.90 Å². The summed E-state index contributed by atoms with van der Waals surface area (Å²) >= 11 is 5.75. The highest BCUT2D eigenvalue weighted by Crippen LogP contribution is 2.25. The van der Waals surface area contributed by atoms with Gasteiger partial charge in [0, 0.05) is 25.5 Å². The number of nitrogens with zero attached hydrogens (tertiary/aromatic N) is 2. The molecule has 1 saturated heterocycles. The van der Waals surface area contributed by atoms with Crippen LogP contribution < -0.4 is 4.72 Å². The largest absolute Gasteiger partial charge is 0.353 e. The Hall–Kier alpha value is -1.41. The fraction of sp³-hybridized carbons (Fsp3) is 0.474. The van der Waals surface area contributed by atoms with Gasteiger partial charge in [-0.25, -0.2) is 17.5 Å². The van der Waals surface area contributed by atoms with E-state index in [2.05, 4.69) is 9.62 Å². The fourth-order valence-corrected chi connectivity index (χ4v) is 4.87. The van der Waals surface area contributed by atoms with Crippen LogP contribution in [0.1, 0.15) is 37.4 Å². The van der Waals surface area contributed by atoms with Gasteiger partial charge in [0.1, 0.15) is 5.82 Å². The van der Waals surface area contributed by atoms with Crippen LogP contribution in [0.2, 0.25) is 5.02 Å². The van der Waals surface area contributed by atoms with Crippen molar-refractivity contribution in [3.05, 3.63) is 53.1 Å². The molecule has 0 radical (unpaired) electrons. The summed E-state index contributed by atoms with van der Waals surface area (Å²) in [4.78, 5) is 2.32. The molecule has 1 fully saturated rings. The molecule has 0 bridgehead atoms. The van der Waals surface area contributed by atoms with Gasteiger partial charge in [0.05, 0.1) is 16.0 Å². The van der Waals surface area contributed by atoms with Crippen molar-refractivity contribution in [2.24, 2.45) is 7.05 Å². The zero-order valence-corrected chi connectivity index (χ0v) is 16.9. The van der Waals surface area contributed by atoms with Crippen molar-refractivity contribution in [3.63, 3.8) is 0 Å². The molecule has 8 heteroatoms. The Morgan fingerprint density at radius 1 is 1.19 bits per heavy atom. The minimum atomic E-state index is -3.78. The van der Waals surface area contributed by atoms with E-state index in [1.807, 2.05) is 29.9 Å². The first-order valence-electron chi connectivity index (χ1n) is 9.18. The normalized spacial score (nSPS) is 17.6. The van der Waals surface area contributed by atoms with Crippen molar-refractivity contribution in [1.29, 1.82) is 0 Å². The van der Waals surface area contributed by atoms with E-state index in [1.165, 1.54) is 18.9 Å². The van der Waals surface area contributed by atoms with Gasteiger partial charge >= 0.3 is 0 Å². The third-order valence-corrected chi connectivity index (χ3v) is 6.79. The predicted octanol–water partition coefficient (Wildman–Crippen LogP) is 3.71. The molecule has 5 nitrogen and oxygen atoms in total. The number of nitrogens with one attached hydrogen (secondary N) is 1. The van der Waals surface area contributed by atoms with Crippen molar-refractivity contribution in [2.45, 2.75) is 36.6 Å². The Morgan fingerprint density at radius 2 is 1.89 bits per heavy atom. The second-order valence-corrected chi connectivity index (χ2v) is 9.11. The molecule has 0 aliphatic carbocycles. The number of rotatable bonds is 6. The number of benzene rings is 1. The Balaban J connectivity index is 1.81. The lowest BCUT2D eigenvalue weighted by molar-refractivity contribution is 0.199. The Labute approximate surface area is 165 Å². The number of sulfonamides is 1. The third kappa shape index (κ3) is 4.90. The lowest BCUT2D eigenvalue weighted by Crippen LogP contribution is -2.39. The van der Waals surface area contributed by atoms with Crippen molar-refractivity contribution in [2.75, 3.05) is 19.6 Å². The zero-order valence-electron chi connectivity index (χ0n) is 15.4. The van der Waals surface area contributed by atoms with E-state index < -0.39 is 15.8 Å². The number of hydrogen-bond acceptors (Lipinski definition) is 3. The molecule has 3 rings (SSSR count). The molecule has 2 heterocycles. The number of aromatic nitrogens is 1. The van der Waals surface area contributed by atoms with Gasteiger partial charge in [0.2, 0.25) is 10.0 Å². The Morgan fingerprint density at radius 3 is 2.48 bits per heavy atom. The molecule has 0 spiro atoms. The van der Waals surface area contributed by atoms with E-state index in [9.17, 15) is 12.8 Å². The van der Waals surface area contributed by atoms with Crippen LogP contribution in [0.5, 0.6) is 0 Å². The van der Waals surface area contributed by atoms with Crippen LogP contribution >= 0.6 is 11.6 Å². The van der Waals surface area contributed by atoms with E-state index in [1.54, 1.807) is 0 Å². The molecular weight excluding hydrogens is 389 g/mol. The Bertz CT molecular complexity index is 877. The smallest absolute Gasteiger partial charge is 0.240 e. The molecular formula is C19H25ClFN3O2S. The molecule has 1 N–H and O–H groups in total. The maximum atomic E-state index is 13.4. The van der Waals surface area contributed by atoms with Crippen LogP contribution in [0.4, 0.5) is 4.39 Å². The fourth-order valence-electron chi connectivity index (χ4n) is 3.56. The zero-order chi connectivity index (χ0) is 19.4.